The van der Waals surface area contributed by atoms with E-state index in [4.69, 9.17) is 9.47 Å². The molecule has 0 saturated heterocycles. The summed E-state index contributed by atoms with van der Waals surface area (Å²) < 4.78 is 12.0. The topological polar surface area (TPSA) is 33.7 Å². The highest BCUT2D eigenvalue weighted by atomic mass is 35.5. The maximum absolute atomic E-state index is 6.16. The van der Waals surface area contributed by atoms with Crippen LogP contribution in [0.2, 0.25) is 0 Å². The molecule has 2 aromatic carbocycles. The summed E-state index contributed by atoms with van der Waals surface area (Å²) in [5, 5.41) is 3.55. The first-order valence-electron chi connectivity index (χ1n) is 10.1. The van der Waals surface area contributed by atoms with E-state index < -0.39 is 0 Å². The minimum absolute atomic E-state index is 0. The van der Waals surface area contributed by atoms with Gasteiger partial charge in [-0.2, -0.15) is 0 Å². The Morgan fingerprint density at radius 2 is 1.59 bits per heavy atom. The van der Waals surface area contributed by atoms with Gasteiger partial charge in [0.1, 0.15) is 6.61 Å². The molecule has 4 nitrogen and oxygen atoms in total. The van der Waals surface area contributed by atoms with Crippen molar-refractivity contribution in [1.29, 1.82) is 0 Å². The van der Waals surface area contributed by atoms with Gasteiger partial charge in [-0.15, -0.1) is 24.8 Å². The number of benzene rings is 2. The Morgan fingerprint density at radius 1 is 0.862 bits per heavy atom. The average molecular weight is 443 g/mol. The predicted molar refractivity (Wildman–Crippen MR) is 127 cm³/mol. The summed E-state index contributed by atoms with van der Waals surface area (Å²) in [6.07, 6.45) is 1.15. The molecule has 0 amide bonds. The van der Waals surface area contributed by atoms with Gasteiger partial charge in [0.15, 0.2) is 11.5 Å². The molecule has 0 aliphatic heterocycles. The molecule has 0 aromatic heterocycles. The van der Waals surface area contributed by atoms with Crippen LogP contribution in [-0.2, 0) is 13.2 Å². The van der Waals surface area contributed by atoms with Gasteiger partial charge in [0.05, 0.1) is 6.61 Å². The molecule has 0 bridgehead atoms. The lowest BCUT2D eigenvalue weighted by Gasteiger charge is -2.18. The van der Waals surface area contributed by atoms with Gasteiger partial charge in [-0.3, -0.25) is 0 Å². The van der Waals surface area contributed by atoms with Crippen molar-refractivity contribution in [1.82, 2.24) is 10.2 Å². The van der Waals surface area contributed by atoms with Crippen molar-refractivity contribution in [2.75, 3.05) is 32.8 Å². The third-order valence-corrected chi connectivity index (χ3v) is 4.62. The van der Waals surface area contributed by atoms with E-state index in [1.165, 1.54) is 0 Å². The second-order valence-electron chi connectivity index (χ2n) is 6.51. The lowest BCUT2D eigenvalue weighted by molar-refractivity contribution is 0.266. The van der Waals surface area contributed by atoms with Gasteiger partial charge >= 0.3 is 0 Å². The van der Waals surface area contributed by atoms with Crippen molar-refractivity contribution in [3.63, 3.8) is 0 Å². The number of hydrogen-bond donors (Lipinski definition) is 1. The fraction of sp³-hybridized carbons (Fsp3) is 0.478. The fourth-order valence-corrected chi connectivity index (χ4v) is 3.05. The Balaban J connectivity index is 0.00000392. The Hall–Kier alpha value is -1.46. The van der Waals surface area contributed by atoms with Crippen LogP contribution in [0.15, 0.2) is 48.5 Å². The standard InChI is InChI=1S/C23H34N2O2.2ClH/c1-4-25(5-2)17-11-16-24-18-21-14-10-15-22(26-6-3)23(21)27-19-20-12-8-7-9-13-20;;/h7-10,12-15,24H,4-6,11,16-19H2,1-3H3;2*1H. The number of nitrogens with zero attached hydrogens (tertiary/aromatic N) is 1. The summed E-state index contributed by atoms with van der Waals surface area (Å²) in [5.74, 6) is 1.66. The van der Waals surface area contributed by atoms with Gasteiger partial charge < -0.3 is 19.7 Å². The van der Waals surface area contributed by atoms with Crippen LogP contribution in [0.3, 0.4) is 0 Å². The monoisotopic (exact) mass is 442 g/mol. The maximum atomic E-state index is 6.16. The number of ether oxygens (including phenoxy) is 2. The van der Waals surface area contributed by atoms with E-state index in [1.54, 1.807) is 0 Å². The highest BCUT2D eigenvalue weighted by molar-refractivity contribution is 5.85. The normalized spacial score (nSPS) is 10.2. The van der Waals surface area contributed by atoms with E-state index in [0.717, 1.165) is 61.8 Å². The smallest absolute Gasteiger partial charge is 0.166 e. The molecule has 29 heavy (non-hydrogen) atoms. The van der Waals surface area contributed by atoms with E-state index in [9.17, 15) is 0 Å². The van der Waals surface area contributed by atoms with Crippen LogP contribution in [0.1, 0.15) is 38.3 Å². The highest BCUT2D eigenvalue weighted by Crippen LogP contribution is 2.32. The van der Waals surface area contributed by atoms with Gasteiger partial charge in [-0.1, -0.05) is 56.3 Å². The Morgan fingerprint density at radius 3 is 2.24 bits per heavy atom. The first-order valence-corrected chi connectivity index (χ1v) is 10.1. The van der Waals surface area contributed by atoms with Crippen molar-refractivity contribution < 1.29 is 9.47 Å². The van der Waals surface area contributed by atoms with Crippen molar-refractivity contribution in [2.24, 2.45) is 0 Å². The molecular weight excluding hydrogens is 407 g/mol. The molecule has 0 unspecified atom stereocenters. The van der Waals surface area contributed by atoms with E-state index in [1.807, 2.05) is 37.3 Å². The zero-order valence-electron chi connectivity index (χ0n) is 17.9. The van der Waals surface area contributed by atoms with E-state index >= 15 is 0 Å². The van der Waals surface area contributed by atoms with Crippen molar-refractivity contribution in [3.8, 4) is 11.5 Å². The van der Waals surface area contributed by atoms with E-state index in [0.29, 0.717) is 13.2 Å². The summed E-state index contributed by atoms with van der Waals surface area (Å²) in [5.41, 5.74) is 2.29. The van der Waals surface area contributed by atoms with Gasteiger partial charge in [0, 0.05) is 12.1 Å². The minimum atomic E-state index is 0. The van der Waals surface area contributed by atoms with Crippen molar-refractivity contribution in [2.45, 2.75) is 40.3 Å². The molecule has 164 valence electrons. The molecule has 0 atom stereocenters. The Bertz CT molecular complexity index is 653. The highest BCUT2D eigenvalue weighted by Gasteiger charge is 2.11. The second kappa shape index (κ2) is 16.3. The maximum Gasteiger partial charge on any atom is 0.166 e. The molecule has 0 saturated carbocycles. The third kappa shape index (κ3) is 9.72. The molecule has 1 N–H and O–H groups in total. The molecule has 0 heterocycles. The van der Waals surface area contributed by atoms with E-state index in [-0.39, 0.29) is 24.8 Å². The molecule has 0 fully saturated rings. The number of hydrogen-bond acceptors (Lipinski definition) is 4. The lowest BCUT2D eigenvalue weighted by Crippen LogP contribution is -2.27. The SMILES string of the molecule is CCOc1cccc(CNCCCN(CC)CC)c1OCc1ccccc1.Cl.Cl. The summed E-state index contributed by atoms with van der Waals surface area (Å²) in [6.45, 7) is 12.7. The Labute approximate surface area is 188 Å². The van der Waals surface area contributed by atoms with Crippen LogP contribution in [0.25, 0.3) is 0 Å². The van der Waals surface area contributed by atoms with Crippen LogP contribution in [0.5, 0.6) is 11.5 Å². The van der Waals surface area contributed by atoms with Crippen molar-refractivity contribution >= 4 is 24.8 Å². The predicted octanol–water partition coefficient (Wildman–Crippen LogP) is 5.33. The van der Waals surface area contributed by atoms with Crippen LogP contribution in [0.4, 0.5) is 0 Å². The number of nitrogens with one attached hydrogen (secondary N) is 1. The first-order chi connectivity index (χ1) is 13.3. The average Bonchev–Trinajstić information content (AvgIpc) is 2.71. The van der Waals surface area contributed by atoms with E-state index in [2.05, 4.69) is 42.3 Å². The summed E-state index contributed by atoms with van der Waals surface area (Å²) in [6, 6.07) is 16.4. The number of para-hydroxylation sites is 1. The quantitative estimate of drug-likeness (QED) is 0.425. The number of rotatable bonds is 13. The van der Waals surface area contributed by atoms with Crippen LogP contribution < -0.4 is 14.8 Å². The summed E-state index contributed by atoms with van der Waals surface area (Å²) in [4.78, 5) is 2.45. The lowest BCUT2D eigenvalue weighted by atomic mass is 10.1. The number of halogens is 2. The second-order valence-corrected chi connectivity index (χ2v) is 6.51. The molecular formula is C23H36Cl2N2O2. The molecule has 0 spiro atoms. The van der Waals surface area contributed by atoms with Gasteiger partial charge in [-0.05, 0) is 51.2 Å². The zero-order valence-corrected chi connectivity index (χ0v) is 19.5. The van der Waals surface area contributed by atoms with Gasteiger partial charge in [0.25, 0.3) is 0 Å². The van der Waals surface area contributed by atoms with Gasteiger partial charge in [-0.25, -0.2) is 0 Å². The molecule has 0 aliphatic rings. The van der Waals surface area contributed by atoms with Crippen LogP contribution in [0, 0.1) is 0 Å². The largest absolute Gasteiger partial charge is 0.490 e. The van der Waals surface area contributed by atoms with Crippen LogP contribution in [-0.4, -0.2) is 37.7 Å². The first kappa shape index (κ1) is 27.5. The molecule has 2 rings (SSSR count). The zero-order chi connectivity index (χ0) is 19.3. The molecule has 0 radical (unpaired) electrons. The fourth-order valence-electron chi connectivity index (χ4n) is 3.05. The third-order valence-electron chi connectivity index (χ3n) is 4.62. The van der Waals surface area contributed by atoms with Gasteiger partial charge in [0.2, 0.25) is 0 Å². The van der Waals surface area contributed by atoms with Crippen LogP contribution >= 0.6 is 24.8 Å². The summed E-state index contributed by atoms with van der Waals surface area (Å²) in [7, 11) is 0. The molecule has 2 aromatic rings. The summed E-state index contributed by atoms with van der Waals surface area (Å²) >= 11 is 0. The van der Waals surface area contributed by atoms with Crippen molar-refractivity contribution in [3.05, 3.63) is 59.7 Å². The minimum Gasteiger partial charge on any atom is -0.490 e. The molecule has 0 aliphatic carbocycles. The Kier molecular flexibility index (Phi) is 15.5. The molecule has 6 heteroatoms.